The molecule has 0 amide bonds. The number of hydrogen-bond donors (Lipinski definition) is 2. The number of rotatable bonds is 5. The number of aryl methyl sites for hydroxylation is 1. The molecule has 10 heteroatoms. The normalized spacial score (nSPS) is 20.5. The topological polar surface area (TPSA) is 85.1 Å². The maximum absolute atomic E-state index is 14.4. The Morgan fingerprint density at radius 3 is 2.77 bits per heavy atom. The highest BCUT2D eigenvalue weighted by Crippen LogP contribution is 2.36. The second kappa shape index (κ2) is 11.3. The summed E-state index contributed by atoms with van der Waals surface area (Å²) in [6, 6.07) is 6.42. The first-order valence-electron chi connectivity index (χ1n) is 9.88. The minimum absolute atomic E-state index is 0.0713. The summed E-state index contributed by atoms with van der Waals surface area (Å²) in [5, 5.41) is 13.9. The fourth-order valence-corrected chi connectivity index (χ4v) is 4.10. The Bertz CT molecular complexity index is 948. The molecule has 3 atom stereocenters. The van der Waals surface area contributed by atoms with Crippen molar-refractivity contribution in [3.63, 3.8) is 0 Å². The molecule has 1 fully saturated rings. The number of halogens is 2. The quantitative estimate of drug-likeness (QED) is 0.526. The molecule has 0 aliphatic heterocycles. The minimum Gasteiger partial charge on any atom is -0.488 e. The molecule has 1 unspecified atom stereocenters. The third-order valence-electron chi connectivity index (χ3n) is 4.81. The molecule has 2 aromatic heterocycles. The number of aromatic nitrogens is 4. The first-order chi connectivity index (χ1) is 14.9. The average molecular weight is 466 g/mol. The maximum atomic E-state index is 14.4. The third kappa shape index (κ3) is 7.09. The number of hydrogen-bond acceptors (Lipinski definition) is 7. The molecule has 0 saturated heterocycles. The number of aliphatic hydroxyl groups is 1. The molecule has 1 aromatic carbocycles. The molecule has 2 heterocycles. The van der Waals surface area contributed by atoms with Gasteiger partial charge in [-0.3, -0.25) is 4.68 Å². The molecule has 0 spiro atoms. The highest BCUT2D eigenvalue weighted by atomic mass is 35.5. The molecule has 1 saturated carbocycles. The van der Waals surface area contributed by atoms with Crippen LogP contribution in [0.4, 0.5) is 10.2 Å². The van der Waals surface area contributed by atoms with Crippen LogP contribution < -0.4 is 9.46 Å². The SMILES string of the molecule is CC1C[C@H](O)CC[C@@H]1Oc1cc(F)c(SNc2ccncn2)cc1Cl.Cn1cccn1. The van der Waals surface area contributed by atoms with Crippen molar-refractivity contribution in [2.75, 3.05) is 4.72 Å². The van der Waals surface area contributed by atoms with E-state index < -0.39 is 5.82 Å². The summed E-state index contributed by atoms with van der Waals surface area (Å²) in [5.74, 6) is 0.676. The van der Waals surface area contributed by atoms with Crippen molar-refractivity contribution in [2.24, 2.45) is 13.0 Å². The summed E-state index contributed by atoms with van der Waals surface area (Å²) >= 11 is 7.35. The van der Waals surface area contributed by atoms with Crippen LogP contribution in [-0.4, -0.2) is 37.1 Å². The second-order valence-electron chi connectivity index (χ2n) is 7.29. The van der Waals surface area contributed by atoms with Gasteiger partial charge >= 0.3 is 0 Å². The molecule has 0 radical (unpaired) electrons. The monoisotopic (exact) mass is 465 g/mol. The second-order valence-corrected chi connectivity index (χ2v) is 8.55. The summed E-state index contributed by atoms with van der Waals surface area (Å²) in [5.41, 5.74) is 0. The van der Waals surface area contributed by atoms with Crippen LogP contribution in [0.3, 0.4) is 0 Å². The molecular weight excluding hydrogens is 441 g/mol. The predicted octanol–water partition coefficient (Wildman–Crippen LogP) is 4.74. The zero-order valence-corrected chi connectivity index (χ0v) is 18.9. The average Bonchev–Trinajstić information content (AvgIpc) is 3.23. The predicted molar refractivity (Wildman–Crippen MR) is 120 cm³/mol. The molecule has 166 valence electrons. The maximum Gasteiger partial charge on any atom is 0.142 e. The number of nitrogens with zero attached hydrogens (tertiary/aromatic N) is 4. The fraction of sp³-hybridized carbons (Fsp3) is 0.381. The van der Waals surface area contributed by atoms with E-state index in [1.54, 1.807) is 23.1 Å². The Labute approximate surface area is 190 Å². The summed E-state index contributed by atoms with van der Waals surface area (Å²) in [6.45, 7) is 2.02. The summed E-state index contributed by atoms with van der Waals surface area (Å²) < 4.78 is 25.0. The molecule has 0 bridgehead atoms. The molecule has 31 heavy (non-hydrogen) atoms. The number of benzene rings is 1. The van der Waals surface area contributed by atoms with Crippen molar-refractivity contribution in [2.45, 2.75) is 43.3 Å². The van der Waals surface area contributed by atoms with Crippen molar-refractivity contribution < 1.29 is 14.2 Å². The van der Waals surface area contributed by atoms with Gasteiger partial charge in [-0.2, -0.15) is 5.10 Å². The van der Waals surface area contributed by atoms with Gasteiger partial charge in [-0.15, -0.1) is 0 Å². The molecule has 2 N–H and O–H groups in total. The number of nitrogens with one attached hydrogen (secondary N) is 1. The van der Waals surface area contributed by atoms with Gasteiger partial charge in [0, 0.05) is 31.7 Å². The van der Waals surface area contributed by atoms with E-state index in [2.05, 4.69) is 19.8 Å². The van der Waals surface area contributed by atoms with Crippen molar-refractivity contribution in [3.8, 4) is 5.75 Å². The summed E-state index contributed by atoms with van der Waals surface area (Å²) in [6.07, 6.45) is 8.38. The zero-order valence-electron chi connectivity index (χ0n) is 17.3. The largest absolute Gasteiger partial charge is 0.488 e. The van der Waals surface area contributed by atoms with Crippen LogP contribution in [0.5, 0.6) is 5.75 Å². The van der Waals surface area contributed by atoms with E-state index in [4.69, 9.17) is 16.3 Å². The summed E-state index contributed by atoms with van der Waals surface area (Å²) in [4.78, 5) is 8.18. The van der Waals surface area contributed by atoms with Crippen LogP contribution in [0.25, 0.3) is 0 Å². The van der Waals surface area contributed by atoms with Crippen LogP contribution in [-0.2, 0) is 7.05 Å². The van der Waals surface area contributed by atoms with E-state index in [0.29, 0.717) is 34.3 Å². The van der Waals surface area contributed by atoms with Gasteiger partial charge in [0.15, 0.2) is 0 Å². The number of ether oxygens (including phenoxy) is 1. The zero-order chi connectivity index (χ0) is 22.2. The Balaban J connectivity index is 0.000000391. The van der Waals surface area contributed by atoms with Gasteiger partial charge in [-0.1, -0.05) is 18.5 Å². The standard InChI is InChI=1S/C17H19ClFN3O2S.C4H6N2/c1-10-6-11(23)2-3-14(10)24-15-8-13(19)16(7-12(15)18)25-22-17-4-5-20-9-21-17;1-6-4-2-3-5-6/h4-5,7-11,14,23H,2-3,6H2,1H3,(H,20,21,22);2-4H,1H3/t10?,11-,14+;/m1./s1. The van der Waals surface area contributed by atoms with Crippen molar-refractivity contribution in [3.05, 3.63) is 60.0 Å². The van der Waals surface area contributed by atoms with Gasteiger partial charge in [-0.25, -0.2) is 14.4 Å². The fourth-order valence-electron chi connectivity index (χ4n) is 3.16. The van der Waals surface area contributed by atoms with E-state index in [-0.39, 0.29) is 18.1 Å². The molecular formula is C21H25ClFN5O2S. The van der Waals surface area contributed by atoms with Gasteiger partial charge in [0.1, 0.15) is 29.8 Å². The van der Waals surface area contributed by atoms with E-state index in [1.807, 2.05) is 26.2 Å². The first kappa shape index (κ1) is 23.3. The lowest BCUT2D eigenvalue weighted by molar-refractivity contribution is 0.0277. The Morgan fingerprint density at radius 1 is 1.32 bits per heavy atom. The van der Waals surface area contributed by atoms with Gasteiger partial charge in [0.2, 0.25) is 0 Å². The van der Waals surface area contributed by atoms with Crippen molar-refractivity contribution >= 4 is 29.4 Å². The Morgan fingerprint density at radius 2 is 2.16 bits per heavy atom. The molecule has 3 aromatic rings. The molecule has 1 aliphatic rings. The smallest absolute Gasteiger partial charge is 0.142 e. The van der Waals surface area contributed by atoms with Crippen LogP contribution in [0.1, 0.15) is 26.2 Å². The van der Waals surface area contributed by atoms with Gasteiger partial charge in [0.25, 0.3) is 0 Å². The first-order valence-corrected chi connectivity index (χ1v) is 11.1. The molecule has 4 rings (SSSR count). The van der Waals surface area contributed by atoms with E-state index >= 15 is 0 Å². The van der Waals surface area contributed by atoms with Crippen LogP contribution in [0.2, 0.25) is 5.02 Å². The molecule has 7 nitrogen and oxygen atoms in total. The summed E-state index contributed by atoms with van der Waals surface area (Å²) in [7, 11) is 1.89. The van der Waals surface area contributed by atoms with Gasteiger partial charge < -0.3 is 14.6 Å². The van der Waals surface area contributed by atoms with E-state index in [0.717, 1.165) is 18.4 Å². The van der Waals surface area contributed by atoms with E-state index in [9.17, 15) is 9.50 Å². The minimum atomic E-state index is -0.422. The Kier molecular flexibility index (Phi) is 8.51. The lowest BCUT2D eigenvalue weighted by Crippen LogP contribution is -2.34. The highest BCUT2D eigenvalue weighted by Gasteiger charge is 2.28. The van der Waals surface area contributed by atoms with Crippen molar-refractivity contribution in [1.29, 1.82) is 0 Å². The highest BCUT2D eigenvalue weighted by molar-refractivity contribution is 8.00. The van der Waals surface area contributed by atoms with Crippen molar-refractivity contribution in [1.82, 2.24) is 19.7 Å². The van der Waals surface area contributed by atoms with Crippen LogP contribution >= 0.6 is 23.5 Å². The van der Waals surface area contributed by atoms with Gasteiger partial charge in [-0.05, 0) is 55.3 Å². The van der Waals surface area contributed by atoms with E-state index in [1.165, 1.54) is 18.5 Å². The number of anilines is 1. The van der Waals surface area contributed by atoms with Crippen LogP contribution in [0.15, 0.2) is 54.1 Å². The van der Waals surface area contributed by atoms with Gasteiger partial charge in [0.05, 0.1) is 16.0 Å². The third-order valence-corrected chi connectivity index (χ3v) is 5.95. The lowest BCUT2D eigenvalue weighted by Gasteiger charge is -2.32. The molecule has 1 aliphatic carbocycles. The Hall–Kier alpha value is -2.36. The van der Waals surface area contributed by atoms with Crippen LogP contribution in [0, 0.1) is 11.7 Å². The number of aliphatic hydroxyl groups excluding tert-OH is 1. The lowest BCUT2D eigenvalue weighted by atomic mass is 9.86.